The largest absolute Gasteiger partial charge is 0.331 e. The second kappa shape index (κ2) is 7.09. The van der Waals surface area contributed by atoms with Crippen LogP contribution in [0.4, 0.5) is 8.78 Å². The number of carbonyl (C=O) groups is 1. The first kappa shape index (κ1) is 18.1. The van der Waals surface area contributed by atoms with Crippen LogP contribution in [0.25, 0.3) is 22.2 Å². The predicted octanol–water partition coefficient (Wildman–Crippen LogP) is 5.35. The van der Waals surface area contributed by atoms with E-state index < -0.39 is 43.7 Å². The number of imidazole rings is 1. The fourth-order valence-electron chi connectivity index (χ4n) is 5.14. The van der Waals surface area contributed by atoms with Crippen molar-refractivity contribution in [1.29, 1.82) is 0 Å². The van der Waals surface area contributed by atoms with Gasteiger partial charge in [-0.3, -0.25) is 4.79 Å². The Bertz CT molecular complexity index is 1680. The number of nitrogens with zero attached hydrogens (tertiary/aromatic N) is 3. The summed E-state index contributed by atoms with van der Waals surface area (Å²) >= 11 is 0. The molecule has 0 N–H and O–H groups in total. The first-order valence-corrected chi connectivity index (χ1v) is 13.5. The van der Waals surface area contributed by atoms with Crippen LogP contribution in [-0.4, -0.2) is 40.7 Å². The number of fused-ring (bicyclic) bond motifs is 9. The van der Waals surface area contributed by atoms with Crippen LogP contribution >= 0.6 is 7.14 Å². The highest BCUT2D eigenvalue weighted by Gasteiger charge is 2.44. The summed E-state index contributed by atoms with van der Waals surface area (Å²) < 4.78 is 68.7. The van der Waals surface area contributed by atoms with Gasteiger partial charge < -0.3 is 14.0 Å². The van der Waals surface area contributed by atoms with Crippen molar-refractivity contribution in [2.75, 3.05) is 20.3 Å². The van der Waals surface area contributed by atoms with Gasteiger partial charge in [0.2, 0.25) is 0 Å². The molecule has 3 aromatic carbocycles. The summed E-state index contributed by atoms with van der Waals surface area (Å²) in [6.45, 7) is 0.392. The van der Waals surface area contributed by atoms with Gasteiger partial charge in [-0.25, -0.2) is 13.8 Å². The summed E-state index contributed by atoms with van der Waals surface area (Å²) in [5.74, 6) is -1.53. The summed E-state index contributed by atoms with van der Waals surface area (Å²) in [5, 5.41) is 0.437. The summed E-state index contributed by atoms with van der Waals surface area (Å²) in [4.78, 5) is 18.8. The minimum atomic E-state index is -2.76. The average Bonchev–Trinajstić information content (AvgIpc) is 3.30. The van der Waals surface area contributed by atoms with E-state index in [-0.39, 0.29) is 17.5 Å². The Balaban J connectivity index is 1.58. The lowest BCUT2D eigenvalue weighted by Crippen LogP contribution is -2.30. The molecule has 5 nitrogen and oxygen atoms in total. The van der Waals surface area contributed by atoms with Crippen molar-refractivity contribution in [2.45, 2.75) is 18.5 Å². The normalized spacial score (nSPS) is 21.0. The zero-order valence-electron chi connectivity index (χ0n) is 21.4. The van der Waals surface area contributed by atoms with Crippen LogP contribution in [0.2, 0.25) is 0 Å². The molecular formula is C26H22F2N3O2P. The maximum absolute atomic E-state index is 15.2. The van der Waals surface area contributed by atoms with E-state index in [1.807, 2.05) is 0 Å². The Morgan fingerprint density at radius 2 is 1.85 bits per heavy atom. The van der Waals surface area contributed by atoms with E-state index >= 15 is 8.78 Å². The maximum Gasteiger partial charge on any atom is 0.254 e. The van der Waals surface area contributed by atoms with Gasteiger partial charge >= 0.3 is 0 Å². The van der Waals surface area contributed by atoms with Gasteiger partial charge in [-0.2, -0.15) is 0 Å². The van der Waals surface area contributed by atoms with E-state index in [1.54, 1.807) is 48.2 Å². The highest BCUT2D eigenvalue weighted by Crippen LogP contribution is 2.48. The number of benzene rings is 3. The molecule has 0 fully saturated rings. The van der Waals surface area contributed by atoms with E-state index in [2.05, 4.69) is 4.98 Å². The molecule has 3 heterocycles. The van der Waals surface area contributed by atoms with Crippen molar-refractivity contribution in [3.05, 3.63) is 83.2 Å². The first-order chi connectivity index (χ1) is 17.4. The number of hydrogen-bond acceptors (Lipinski definition) is 3. The van der Waals surface area contributed by atoms with Crippen LogP contribution in [0.15, 0.2) is 54.6 Å². The molecule has 0 radical (unpaired) electrons. The maximum atomic E-state index is 15.2. The van der Waals surface area contributed by atoms with Crippen molar-refractivity contribution in [3.8, 4) is 11.1 Å². The SMILES string of the molecule is [2H]C([2H])([2H])N1C(=O)c2cccc(F)c2[C@H]2C[C@@H]1c1nc3ccc(-c4ccc(P(C)(C)=O)cc4F)cc3n12. The first-order valence-electron chi connectivity index (χ1n) is 12.4. The third kappa shape index (κ3) is 2.93. The van der Waals surface area contributed by atoms with E-state index in [9.17, 15) is 9.36 Å². The molecule has 2 atom stereocenters. The lowest BCUT2D eigenvalue weighted by atomic mass is 9.98. The van der Waals surface area contributed by atoms with Crippen LogP contribution in [0.3, 0.4) is 0 Å². The number of carbonyl (C=O) groups excluding carboxylic acids is 1. The molecule has 172 valence electrons. The predicted molar refractivity (Wildman–Crippen MR) is 128 cm³/mol. The van der Waals surface area contributed by atoms with Crippen LogP contribution in [-0.2, 0) is 4.57 Å². The minimum Gasteiger partial charge on any atom is -0.331 e. The highest BCUT2D eigenvalue weighted by molar-refractivity contribution is 7.70. The van der Waals surface area contributed by atoms with Gasteiger partial charge in [0.15, 0.2) is 0 Å². The lowest BCUT2D eigenvalue weighted by Gasteiger charge is -2.23. The molecule has 1 amide bonds. The van der Waals surface area contributed by atoms with Gasteiger partial charge in [-0.15, -0.1) is 0 Å². The van der Waals surface area contributed by atoms with Gasteiger partial charge in [0, 0.05) is 39.5 Å². The number of halogens is 2. The zero-order valence-corrected chi connectivity index (χ0v) is 19.3. The summed E-state index contributed by atoms with van der Waals surface area (Å²) in [6.07, 6.45) is 0.159. The van der Waals surface area contributed by atoms with Crippen LogP contribution in [0.1, 0.15) is 44.4 Å². The molecule has 2 aliphatic rings. The van der Waals surface area contributed by atoms with Crippen LogP contribution < -0.4 is 5.30 Å². The molecule has 0 aliphatic carbocycles. The summed E-state index contributed by atoms with van der Waals surface area (Å²) in [6, 6.07) is 12.2. The molecule has 8 heteroatoms. The fourth-order valence-corrected chi connectivity index (χ4v) is 6.00. The number of amides is 1. The third-order valence-electron chi connectivity index (χ3n) is 6.81. The molecule has 1 aromatic heterocycles. The van der Waals surface area contributed by atoms with Gasteiger partial charge in [0.1, 0.15) is 24.6 Å². The molecule has 0 saturated carbocycles. The molecule has 4 aromatic rings. The molecule has 0 unspecified atom stereocenters. The van der Waals surface area contributed by atoms with Crippen LogP contribution in [0.5, 0.6) is 0 Å². The molecular weight excluding hydrogens is 455 g/mol. The Hall–Kier alpha value is -3.31. The summed E-state index contributed by atoms with van der Waals surface area (Å²) in [5.41, 5.74) is 2.09. The Labute approximate surface area is 199 Å². The summed E-state index contributed by atoms with van der Waals surface area (Å²) in [7, 11) is -2.64. The molecule has 0 saturated heterocycles. The monoisotopic (exact) mass is 480 g/mol. The minimum absolute atomic E-state index is 0.0115. The zero-order chi connectivity index (χ0) is 26.4. The quantitative estimate of drug-likeness (QED) is 0.364. The van der Waals surface area contributed by atoms with Crippen molar-refractivity contribution < 1.29 is 22.3 Å². The number of aromatic nitrogens is 2. The topological polar surface area (TPSA) is 55.2 Å². The molecule has 34 heavy (non-hydrogen) atoms. The van der Waals surface area contributed by atoms with Gasteiger partial charge in [-0.1, -0.05) is 24.3 Å². The van der Waals surface area contributed by atoms with E-state index in [1.165, 1.54) is 24.3 Å². The molecule has 2 bridgehead atoms. The fraction of sp³-hybridized carbons (Fsp3) is 0.231. The Morgan fingerprint density at radius 3 is 2.59 bits per heavy atom. The number of rotatable bonds is 2. The Morgan fingerprint density at radius 1 is 1.03 bits per heavy atom. The van der Waals surface area contributed by atoms with Gasteiger partial charge in [0.05, 0.1) is 23.1 Å². The second-order valence-corrected chi connectivity index (χ2v) is 12.4. The van der Waals surface area contributed by atoms with Gasteiger partial charge in [0.25, 0.3) is 5.91 Å². The van der Waals surface area contributed by atoms with Crippen LogP contribution in [0, 0.1) is 11.6 Å². The van der Waals surface area contributed by atoms with Crippen molar-refractivity contribution in [2.24, 2.45) is 0 Å². The smallest absolute Gasteiger partial charge is 0.254 e. The lowest BCUT2D eigenvalue weighted by molar-refractivity contribution is 0.0734. The number of hydrogen-bond donors (Lipinski definition) is 0. The van der Waals surface area contributed by atoms with Crippen molar-refractivity contribution in [3.63, 3.8) is 0 Å². The highest BCUT2D eigenvalue weighted by atomic mass is 31.2. The second-order valence-electron chi connectivity index (χ2n) is 9.20. The van der Waals surface area contributed by atoms with E-state index in [0.717, 1.165) is 4.90 Å². The third-order valence-corrected chi connectivity index (χ3v) is 8.33. The van der Waals surface area contributed by atoms with Crippen molar-refractivity contribution >= 4 is 29.4 Å². The van der Waals surface area contributed by atoms with E-state index in [0.29, 0.717) is 33.3 Å². The standard InChI is InChI=1S/C26H22F2N3O2P/c1-30-23-13-22(24-17(26(30)32)5-4-6-18(24)27)31-21-11-14(7-10-20(21)29-25(23)31)16-9-8-15(12-19(16)28)34(2,3)33/h4-12,22-23H,13H2,1-3H3/t22-,23-/m1/s1/i1D3. The molecule has 0 spiro atoms. The van der Waals surface area contributed by atoms with Crippen molar-refractivity contribution in [1.82, 2.24) is 14.5 Å². The van der Waals surface area contributed by atoms with E-state index in [4.69, 9.17) is 4.11 Å². The average molecular weight is 480 g/mol. The molecule has 6 rings (SSSR count). The van der Waals surface area contributed by atoms with Gasteiger partial charge in [-0.05, 0) is 49.2 Å². The Kier molecular flexibility index (Phi) is 3.77. The molecule has 2 aliphatic heterocycles.